The van der Waals surface area contributed by atoms with Gasteiger partial charge < -0.3 is 19.7 Å². The number of nitrogens with one attached hydrogen (secondary N) is 1. The number of hydrogen-bond donors (Lipinski definition) is 1. The van der Waals surface area contributed by atoms with Gasteiger partial charge in [0, 0.05) is 26.2 Å². The van der Waals surface area contributed by atoms with E-state index in [9.17, 15) is 9.59 Å². The highest BCUT2D eigenvalue weighted by Gasteiger charge is 2.32. The van der Waals surface area contributed by atoms with Gasteiger partial charge in [-0.05, 0) is 24.3 Å². The van der Waals surface area contributed by atoms with Crippen LogP contribution in [0, 0.1) is 0 Å². The first kappa shape index (κ1) is 19.5. The zero-order valence-electron chi connectivity index (χ0n) is 15.8. The number of piperazine rings is 1. The molecule has 1 unspecified atom stereocenters. The largest absolute Gasteiger partial charge is 0.485 e. The number of carbonyl (C=O) groups excluding carboxylic acids is 2. The topological polar surface area (TPSA) is 71.1 Å². The second-order valence-electron chi connectivity index (χ2n) is 6.99. The van der Waals surface area contributed by atoms with Crippen LogP contribution >= 0.6 is 11.6 Å². The van der Waals surface area contributed by atoms with Gasteiger partial charge in [-0.3, -0.25) is 14.5 Å². The van der Waals surface area contributed by atoms with Crippen molar-refractivity contribution in [3.63, 3.8) is 0 Å². The van der Waals surface area contributed by atoms with Gasteiger partial charge in [-0.25, -0.2) is 0 Å². The predicted octanol–water partition coefficient (Wildman–Crippen LogP) is 2.26. The highest BCUT2D eigenvalue weighted by atomic mass is 35.5. The average molecular weight is 416 g/mol. The summed E-state index contributed by atoms with van der Waals surface area (Å²) >= 11 is 6.08. The van der Waals surface area contributed by atoms with Crippen molar-refractivity contribution in [2.75, 3.05) is 44.6 Å². The molecule has 0 saturated carbocycles. The van der Waals surface area contributed by atoms with E-state index in [1.54, 1.807) is 23.1 Å². The van der Waals surface area contributed by atoms with E-state index < -0.39 is 6.10 Å². The molecule has 2 heterocycles. The lowest BCUT2D eigenvalue weighted by Gasteiger charge is -2.36. The third kappa shape index (κ3) is 4.63. The summed E-state index contributed by atoms with van der Waals surface area (Å²) in [5.74, 6) is 1.04. The minimum Gasteiger partial charge on any atom is -0.485 e. The van der Waals surface area contributed by atoms with Crippen LogP contribution in [-0.2, 0) is 9.59 Å². The van der Waals surface area contributed by atoms with Gasteiger partial charge >= 0.3 is 0 Å². The van der Waals surface area contributed by atoms with Gasteiger partial charge in [0.25, 0.3) is 5.91 Å². The molecule has 4 rings (SSSR count). The molecule has 2 amide bonds. The molecule has 0 aromatic heterocycles. The molecule has 0 bridgehead atoms. The Bertz CT molecular complexity index is 899. The van der Waals surface area contributed by atoms with Crippen molar-refractivity contribution in [3.05, 3.63) is 53.6 Å². The van der Waals surface area contributed by atoms with Crippen LogP contribution in [0.5, 0.6) is 11.5 Å². The third-order valence-corrected chi connectivity index (χ3v) is 5.31. The van der Waals surface area contributed by atoms with Crippen molar-refractivity contribution in [1.29, 1.82) is 0 Å². The average Bonchev–Trinajstić information content (AvgIpc) is 2.75. The molecule has 1 fully saturated rings. The van der Waals surface area contributed by atoms with Gasteiger partial charge in [0.15, 0.2) is 11.5 Å². The number of rotatable bonds is 4. The number of ether oxygens (including phenoxy) is 2. The Hall–Kier alpha value is -2.77. The summed E-state index contributed by atoms with van der Waals surface area (Å²) in [6.07, 6.45) is -0.639. The molecule has 1 atom stereocenters. The number of para-hydroxylation sites is 3. The molecule has 1 N–H and O–H groups in total. The van der Waals surface area contributed by atoms with E-state index in [1.807, 2.05) is 35.2 Å². The fourth-order valence-electron chi connectivity index (χ4n) is 3.43. The van der Waals surface area contributed by atoms with Crippen LogP contribution in [0.1, 0.15) is 0 Å². The summed E-state index contributed by atoms with van der Waals surface area (Å²) in [6, 6.07) is 14.5. The monoisotopic (exact) mass is 415 g/mol. The Morgan fingerprint density at radius 1 is 1.00 bits per heavy atom. The van der Waals surface area contributed by atoms with E-state index in [-0.39, 0.29) is 25.0 Å². The van der Waals surface area contributed by atoms with Crippen molar-refractivity contribution < 1.29 is 19.1 Å². The minimum atomic E-state index is -0.639. The lowest BCUT2D eigenvalue weighted by Crippen LogP contribution is -2.54. The number of benzene rings is 2. The smallest absolute Gasteiger partial charge is 0.267 e. The normalized spacial score (nSPS) is 18.9. The maximum absolute atomic E-state index is 12.8. The summed E-state index contributed by atoms with van der Waals surface area (Å²) < 4.78 is 11.5. The Kier molecular flexibility index (Phi) is 5.87. The maximum atomic E-state index is 12.8. The molecule has 0 radical (unpaired) electrons. The van der Waals surface area contributed by atoms with Crippen LogP contribution in [0.15, 0.2) is 48.5 Å². The predicted molar refractivity (Wildman–Crippen MR) is 109 cm³/mol. The van der Waals surface area contributed by atoms with Crippen molar-refractivity contribution in [2.45, 2.75) is 6.10 Å². The van der Waals surface area contributed by atoms with E-state index in [0.29, 0.717) is 48.4 Å². The molecule has 0 spiro atoms. The lowest BCUT2D eigenvalue weighted by molar-refractivity contribution is -0.143. The summed E-state index contributed by atoms with van der Waals surface area (Å²) in [4.78, 5) is 28.8. The number of fused-ring (bicyclic) bond motifs is 1. The summed E-state index contributed by atoms with van der Waals surface area (Å²) in [7, 11) is 0. The number of carbonyl (C=O) groups is 2. The van der Waals surface area contributed by atoms with Crippen LogP contribution in [0.3, 0.4) is 0 Å². The standard InChI is InChI=1S/C21H22ClN3O4/c22-15-5-1-2-6-16(15)23-20(26)13-24-9-11-25(12-10-24)21(27)19-14-28-17-7-3-4-8-18(17)29-19/h1-8,19H,9-14H2,(H,23,26). The molecule has 1 saturated heterocycles. The molecule has 8 heteroatoms. The maximum Gasteiger partial charge on any atom is 0.267 e. The molecule has 2 aliphatic rings. The summed E-state index contributed by atoms with van der Waals surface area (Å²) in [5.41, 5.74) is 0.600. The Morgan fingerprint density at radius 3 is 2.45 bits per heavy atom. The first-order chi connectivity index (χ1) is 14.1. The first-order valence-corrected chi connectivity index (χ1v) is 9.92. The fraction of sp³-hybridized carbons (Fsp3) is 0.333. The molecule has 2 aromatic carbocycles. The molecule has 7 nitrogen and oxygen atoms in total. The second-order valence-corrected chi connectivity index (χ2v) is 7.40. The molecular weight excluding hydrogens is 394 g/mol. The van der Waals surface area contributed by atoms with Crippen molar-refractivity contribution >= 4 is 29.1 Å². The number of nitrogens with zero attached hydrogens (tertiary/aromatic N) is 2. The molecule has 29 heavy (non-hydrogen) atoms. The van der Waals surface area contributed by atoms with Crippen LogP contribution in [0.25, 0.3) is 0 Å². The minimum absolute atomic E-state index is 0.0836. The first-order valence-electron chi connectivity index (χ1n) is 9.54. The lowest BCUT2D eigenvalue weighted by atomic mass is 10.2. The van der Waals surface area contributed by atoms with Gasteiger partial charge in [-0.15, -0.1) is 0 Å². The van der Waals surface area contributed by atoms with E-state index in [0.717, 1.165) is 0 Å². The van der Waals surface area contributed by atoms with Crippen LogP contribution in [0.2, 0.25) is 5.02 Å². The molecular formula is C21H22ClN3O4. The Morgan fingerprint density at radius 2 is 1.69 bits per heavy atom. The fourth-order valence-corrected chi connectivity index (χ4v) is 3.61. The van der Waals surface area contributed by atoms with Gasteiger partial charge in [0.2, 0.25) is 12.0 Å². The number of halogens is 1. The molecule has 2 aliphatic heterocycles. The SMILES string of the molecule is O=C(CN1CCN(C(=O)C2COc3ccccc3O2)CC1)Nc1ccccc1Cl. The van der Waals surface area contributed by atoms with Gasteiger partial charge in [-0.1, -0.05) is 35.9 Å². The molecule has 152 valence electrons. The molecule has 2 aromatic rings. The van der Waals surface area contributed by atoms with E-state index in [2.05, 4.69) is 5.32 Å². The van der Waals surface area contributed by atoms with Crippen LogP contribution in [0.4, 0.5) is 5.69 Å². The Balaban J connectivity index is 1.26. The van der Waals surface area contributed by atoms with Crippen LogP contribution < -0.4 is 14.8 Å². The number of anilines is 1. The zero-order chi connectivity index (χ0) is 20.2. The van der Waals surface area contributed by atoms with Crippen molar-refractivity contribution in [1.82, 2.24) is 9.80 Å². The summed E-state index contributed by atoms with van der Waals surface area (Å²) in [6.45, 7) is 2.77. The van der Waals surface area contributed by atoms with E-state index >= 15 is 0 Å². The van der Waals surface area contributed by atoms with E-state index in [4.69, 9.17) is 21.1 Å². The quantitative estimate of drug-likeness (QED) is 0.829. The van der Waals surface area contributed by atoms with Gasteiger partial charge in [0.1, 0.15) is 6.61 Å². The molecule has 0 aliphatic carbocycles. The van der Waals surface area contributed by atoms with Crippen molar-refractivity contribution in [2.24, 2.45) is 0 Å². The second kappa shape index (κ2) is 8.71. The van der Waals surface area contributed by atoms with Crippen molar-refractivity contribution in [3.8, 4) is 11.5 Å². The highest BCUT2D eigenvalue weighted by molar-refractivity contribution is 6.33. The highest BCUT2D eigenvalue weighted by Crippen LogP contribution is 2.31. The van der Waals surface area contributed by atoms with E-state index in [1.165, 1.54) is 0 Å². The van der Waals surface area contributed by atoms with Crippen LogP contribution in [-0.4, -0.2) is 67.0 Å². The zero-order valence-corrected chi connectivity index (χ0v) is 16.6. The third-order valence-electron chi connectivity index (χ3n) is 4.98. The Labute approximate surface area is 174 Å². The van der Waals surface area contributed by atoms with Gasteiger partial charge in [0.05, 0.1) is 17.3 Å². The summed E-state index contributed by atoms with van der Waals surface area (Å²) in [5, 5.41) is 3.33. The number of amides is 2. The number of hydrogen-bond acceptors (Lipinski definition) is 5. The van der Waals surface area contributed by atoms with Gasteiger partial charge in [-0.2, -0.15) is 0 Å².